The number of aryl methyl sites for hydroxylation is 1. The number of amides is 1. The van der Waals surface area contributed by atoms with Gasteiger partial charge < -0.3 is 10.1 Å². The first-order valence-electron chi connectivity index (χ1n) is 11.3. The number of benzene rings is 3. The second-order valence-electron chi connectivity index (χ2n) is 8.21. The van der Waals surface area contributed by atoms with Gasteiger partial charge in [-0.1, -0.05) is 42.5 Å². The van der Waals surface area contributed by atoms with Gasteiger partial charge in [-0.15, -0.1) is 0 Å². The highest BCUT2D eigenvalue weighted by atomic mass is 32.2. The number of anilines is 2. The second kappa shape index (κ2) is 11.0. The van der Waals surface area contributed by atoms with Gasteiger partial charge in [-0.2, -0.15) is 0 Å². The average Bonchev–Trinajstić information content (AvgIpc) is 2.86. The van der Waals surface area contributed by atoms with E-state index in [1.807, 2.05) is 30.3 Å². The zero-order valence-corrected chi connectivity index (χ0v) is 20.7. The van der Waals surface area contributed by atoms with Crippen LogP contribution < -0.4 is 14.8 Å². The Bertz CT molecular complexity index is 1460. The Morgan fingerprint density at radius 1 is 0.972 bits per heavy atom. The van der Waals surface area contributed by atoms with E-state index < -0.39 is 10.0 Å². The number of ether oxygens (including phenoxy) is 1. The third kappa shape index (κ3) is 6.89. The zero-order chi connectivity index (χ0) is 25.5. The van der Waals surface area contributed by atoms with Gasteiger partial charge in [-0.05, 0) is 48.9 Å². The van der Waals surface area contributed by atoms with E-state index in [0.717, 1.165) is 18.4 Å². The quantitative estimate of drug-likeness (QED) is 0.343. The SMILES string of the molecule is Cc1ncc(-c2cccc(C(=O)Nc3ccc(OCCc4ccccc4)cc3)c2)nc1NS(C)(=O)=O. The van der Waals surface area contributed by atoms with Gasteiger partial charge in [-0.3, -0.25) is 14.5 Å². The lowest BCUT2D eigenvalue weighted by atomic mass is 10.1. The molecule has 0 saturated carbocycles. The second-order valence-corrected chi connectivity index (χ2v) is 9.96. The molecule has 1 heterocycles. The topological polar surface area (TPSA) is 110 Å². The predicted octanol–water partition coefficient (Wildman–Crippen LogP) is 4.70. The molecule has 4 aromatic rings. The van der Waals surface area contributed by atoms with E-state index >= 15 is 0 Å². The van der Waals surface area contributed by atoms with Gasteiger partial charge >= 0.3 is 0 Å². The minimum Gasteiger partial charge on any atom is -0.493 e. The summed E-state index contributed by atoms with van der Waals surface area (Å²) in [5.74, 6) is 0.586. The molecule has 0 saturated heterocycles. The molecular formula is C27H26N4O4S. The molecule has 2 N–H and O–H groups in total. The lowest BCUT2D eigenvalue weighted by molar-refractivity contribution is 0.102. The van der Waals surface area contributed by atoms with Crippen molar-refractivity contribution >= 4 is 27.4 Å². The molecule has 0 radical (unpaired) electrons. The summed E-state index contributed by atoms with van der Waals surface area (Å²) in [6.07, 6.45) is 3.40. The molecule has 8 nitrogen and oxygen atoms in total. The summed E-state index contributed by atoms with van der Waals surface area (Å²) >= 11 is 0. The van der Waals surface area contributed by atoms with Gasteiger partial charge in [0.1, 0.15) is 5.75 Å². The summed E-state index contributed by atoms with van der Waals surface area (Å²) < 4.78 is 31.4. The van der Waals surface area contributed by atoms with Crippen molar-refractivity contribution in [2.75, 3.05) is 22.9 Å². The van der Waals surface area contributed by atoms with Crippen LogP contribution in [0.5, 0.6) is 5.75 Å². The van der Waals surface area contributed by atoms with Gasteiger partial charge in [0.25, 0.3) is 5.91 Å². The van der Waals surface area contributed by atoms with Crippen LogP contribution in [0.1, 0.15) is 21.6 Å². The van der Waals surface area contributed by atoms with Crippen molar-refractivity contribution in [2.45, 2.75) is 13.3 Å². The lowest BCUT2D eigenvalue weighted by Crippen LogP contribution is -2.13. The standard InChI is InChI=1S/C27H26N4O4S/c1-19-26(31-36(2,33)34)30-25(18-28-19)21-9-6-10-22(17-21)27(32)29-23-11-13-24(14-12-23)35-16-15-20-7-4-3-5-8-20/h3-14,17-18H,15-16H2,1-2H3,(H,29,32)(H,30,31). The number of sulfonamides is 1. The normalized spacial score (nSPS) is 11.1. The van der Waals surface area contributed by atoms with Crippen LogP contribution in [0, 0.1) is 6.92 Å². The van der Waals surface area contributed by atoms with Crippen LogP contribution in [-0.4, -0.2) is 37.2 Å². The number of carbonyl (C=O) groups is 1. The van der Waals surface area contributed by atoms with Crippen molar-refractivity contribution in [2.24, 2.45) is 0 Å². The van der Waals surface area contributed by atoms with Gasteiger partial charge in [0.05, 0.1) is 30.4 Å². The summed E-state index contributed by atoms with van der Waals surface area (Å²) in [6.45, 7) is 2.22. The highest BCUT2D eigenvalue weighted by Crippen LogP contribution is 2.22. The number of hydrogen-bond acceptors (Lipinski definition) is 6. The molecule has 9 heteroatoms. The van der Waals surface area contributed by atoms with E-state index in [9.17, 15) is 13.2 Å². The Kier molecular flexibility index (Phi) is 7.60. The Labute approximate surface area is 210 Å². The molecule has 0 atom stereocenters. The van der Waals surface area contributed by atoms with E-state index in [0.29, 0.717) is 34.8 Å². The van der Waals surface area contributed by atoms with E-state index in [-0.39, 0.29) is 11.7 Å². The van der Waals surface area contributed by atoms with E-state index in [1.165, 1.54) is 11.8 Å². The minimum absolute atomic E-state index is 0.149. The Balaban J connectivity index is 1.40. The molecule has 0 fully saturated rings. The molecular weight excluding hydrogens is 476 g/mol. The van der Waals surface area contributed by atoms with Gasteiger partial charge in [0, 0.05) is 23.2 Å². The van der Waals surface area contributed by atoms with Crippen LogP contribution in [0.15, 0.2) is 85.1 Å². The van der Waals surface area contributed by atoms with E-state index in [4.69, 9.17) is 4.74 Å². The summed E-state index contributed by atoms with van der Waals surface area (Å²) in [4.78, 5) is 21.4. The van der Waals surface area contributed by atoms with Gasteiger partial charge in [-0.25, -0.2) is 13.4 Å². The summed E-state index contributed by atoms with van der Waals surface area (Å²) in [5.41, 5.74) is 3.80. The van der Waals surface area contributed by atoms with Crippen LogP contribution in [-0.2, 0) is 16.4 Å². The smallest absolute Gasteiger partial charge is 0.255 e. The molecule has 0 unspecified atom stereocenters. The number of nitrogens with zero attached hydrogens (tertiary/aromatic N) is 2. The molecule has 1 amide bonds. The molecule has 36 heavy (non-hydrogen) atoms. The molecule has 4 rings (SSSR count). The summed E-state index contributed by atoms with van der Waals surface area (Å²) in [6, 6.07) is 24.2. The maximum atomic E-state index is 12.9. The monoisotopic (exact) mass is 502 g/mol. The molecule has 0 spiro atoms. The molecule has 0 bridgehead atoms. The zero-order valence-electron chi connectivity index (χ0n) is 19.9. The van der Waals surface area contributed by atoms with Crippen molar-refractivity contribution in [1.82, 2.24) is 9.97 Å². The van der Waals surface area contributed by atoms with Crippen molar-refractivity contribution in [3.8, 4) is 17.0 Å². The van der Waals surface area contributed by atoms with E-state index in [1.54, 1.807) is 43.3 Å². The van der Waals surface area contributed by atoms with Crippen LogP contribution in [0.4, 0.5) is 11.5 Å². The summed E-state index contributed by atoms with van der Waals surface area (Å²) in [7, 11) is -3.50. The fraction of sp³-hybridized carbons (Fsp3) is 0.148. The lowest BCUT2D eigenvalue weighted by Gasteiger charge is -2.10. The fourth-order valence-corrected chi connectivity index (χ4v) is 3.99. The van der Waals surface area contributed by atoms with Gasteiger partial charge in [0.2, 0.25) is 10.0 Å². The number of carbonyl (C=O) groups excluding carboxylic acids is 1. The Morgan fingerprint density at radius 3 is 2.44 bits per heavy atom. The third-order valence-electron chi connectivity index (χ3n) is 5.27. The van der Waals surface area contributed by atoms with Crippen molar-refractivity contribution < 1.29 is 17.9 Å². The highest BCUT2D eigenvalue weighted by Gasteiger charge is 2.12. The number of nitrogens with one attached hydrogen (secondary N) is 2. The third-order valence-corrected chi connectivity index (χ3v) is 5.84. The maximum absolute atomic E-state index is 12.9. The van der Waals surface area contributed by atoms with E-state index in [2.05, 4.69) is 32.1 Å². The molecule has 0 aliphatic heterocycles. The van der Waals surface area contributed by atoms with Gasteiger partial charge in [0.15, 0.2) is 5.82 Å². The number of rotatable bonds is 9. The number of hydrogen-bond donors (Lipinski definition) is 2. The summed E-state index contributed by atoms with van der Waals surface area (Å²) in [5, 5.41) is 2.88. The van der Waals surface area contributed by atoms with Crippen LogP contribution in [0.3, 0.4) is 0 Å². The Morgan fingerprint density at radius 2 is 1.72 bits per heavy atom. The van der Waals surface area contributed by atoms with Crippen LogP contribution >= 0.6 is 0 Å². The first-order chi connectivity index (χ1) is 17.3. The largest absolute Gasteiger partial charge is 0.493 e. The Hall–Kier alpha value is -4.24. The van der Waals surface area contributed by atoms with Crippen molar-refractivity contribution in [3.05, 3.63) is 102 Å². The van der Waals surface area contributed by atoms with Crippen molar-refractivity contribution in [1.29, 1.82) is 0 Å². The molecule has 184 valence electrons. The maximum Gasteiger partial charge on any atom is 0.255 e. The molecule has 0 aliphatic rings. The predicted molar refractivity (Wildman–Crippen MR) is 141 cm³/mol. The number of aromatic nitrogens is 2. The minimum atomic E-state index is -3.50. The molecule has 0 aliphatic carbocycles. The first-order valence-corrected chi connectivity index (χ1v) is 13.2. The fourth-order valence-electron chi connectivity index (χ4n) is 3.45. The van der Waals surface area contributed by atoms with Crippen molar-refractivity contribution in [3.63, 3.8) is 0 Å². The molecule has 1 aromatic heterocycles. The average molecular weight is 503 g/mol. The van der Waals surface area contributed by atoms with Crippen LogP contribution in [0.25, 0.3) is 11.3 Å². The van der Waals surface area contributed by atoms with Crippen LogP contribution in [0.2, 0.25) is 0 Å². The highest BCUT2D eigenvalue weighted by molar-refractivity contribution is 7.92. The molecule has 3 aromatic carbocycles. The first kappa shape index (κ1) is 24.9.